The molecule has 0 aliphatic rings. The molecule has 0 spiro atoms. The van der Waals surface area contributed by atoms with Crippen LogP contribution in [0.25, 0.3) is 11.3 Å². The van der Waals surface area contributed by atoms with Gasteiger partial charge in [0, 0.05) is 30.8 Å². The molecule has 1 amide bonds. The zero-order valence-electron chi connectivity index (χ0n) is 14.8. The lowest BCUT2D eigenvalue weighted by Gasteiger charge is -2.16. The molecule has 3 aromatic rings. The minimum Gasteiger partial charge on any atom is -0.371 e. The molecule has 0 unspecified atom stereocenters. The van der Waals surface area contributed by atoms with Crippen molar-refractivity contribution in [3.8, 4) is 11.3 Å². The van der Waals surface area contributed by atoms with E-state index in [1.165, 1.54) is 24.4 Å². The maximum atomic E-state index is 14.0. The van der Waals surface area contributed by atoms with Crippen LogP contribution in [-0.2, 0) is 5.92 Å². The summed E-state index contributed by atoms with van der Waals surface area (Å²) < 4.78 is 27.9. The van der Waals surface area contributed by atoms with Crippen molar-refractivity contribution in [1.29, 1.82) is 0 Å². The van der Waals surface area contributed by atoms with Crippen LogP contribution in [0.15, 0.2) is 60.8 Å². The molecular formula is C20H18F2N4O. The van der Waals surface area contributed by atoms with Gasteiger partial charge < -0.3 is 10.6 Å². The number of alkyl halides is 2. The van der Waals surface area contributed by atoms with Crippen molar-refractivity contribution in [3.05, 3.63) is 72.1 Å². The first-order chi connectivity index (χ1) is 12.9. The number of amides is 1. The number of carbonyl (C=O) groups excluding carboxylic acids is 1. The number of benzene rings is 2. The van der Waals surface area contributed by atoms with Crippen molar-refractivity contribution in [2.75, 3.05) is 17.7 Å². The van der Waals surface area contributed by atoms with E-state index in [4.69, 9.17) is 0 Å². The number of aromatic nitrogens is 2. The normalized spacial score (nSPS) is 11.1. The second-order valence-corrected chi connectivity index (χ2v) is 5.96. The maximum absolute atomic E-state index is 14.0. The van der Waals surface area contributed by atoms with Crippen molar-refractivity contribution < 1.29 is 13.6 Å². The molecule has 2 N–H and O–H groups in total. The highest BCUT2D eigenvalue weighted by molar-refractivity contribution is 6.06. The van der Waals surface area contributed by atoms with E-state index >= 15 is 0 Å². The van der Waals surface area contributed by atoms with E-state index in [0.29, 0.717) is 5.69 Å². The van der Waals surface area contributed by atoms with Crippen LogP contribution in [0, 0.1) is 0 Å². The predicted octanol–water partition coefficient (Wildman–Crippen LogP) is 4.55. The molecule has 3 rings (SSSR count). The van der Waals surface area contributed by atoms with Gasteiger partial charge in [0.25, 0.3) is 11.8 Å². The van der Waals surface area contributed by atoms with E-state index in [0.717, 1.165) is 6.92 Å². The predicted molar refractivity (Wildman–Crippen MR) is 101 cm³/mol. The third-order valence-corrected chi connectivity index (χ3v) is 3.93. The van der Waals surface area contributed by atoms with Gasteiger partial charge in [-0.1, -0.05) is 42.5 Å². The van der Waals surface area contributed by atoms with Crippen LogP contribution >= 0.6 is 0 Å². The summed E-state index contributed by atoms with van der Waals surface area (Å²) in [4.78, 5) is 21.2. The summed E-state index contributed by atoms with van der Waals surface area (Å²) in [6, 6.07) is 14.9. The molecule has 27 heavy (non-hydrogen) atoms. The minimum atomic E-state index is -3.05. The van der Waals surface area contributed by atoms with Gasteiger partial charge in [-0.05, 0) is 12.1 Å². The standard InChI is InChI=1S/C20H18F2N4O/c1-20(21,22)15-11-7-6-10-14(15)16-12-24-18(23-2)17(26-16)19(27)25-13-8-4-3-5-9-13/h3-12H,1-2H3,(H,23,24)(H,25,27). The Bertz CT molecular complexity index is 956. The Hall–Kier alpha value is -3.35. The molecule has 0 aliphatic carbocycles. The van der Waals surface area contributed by atoms with Gasteiger partial charge >= 0.3 is 0 Å². The highest BCUT2D eigenvalue weighted by atomic mass is 19.3. The van der Waals surface area contributed by atoms with Gasteiger partial charge in [0.1, 0.15) is 0 Å². The molecular weight excluding hydrogens is 350 g/mol. The van der Waals surface area contributed by atoms with Crippen molar-refractivity contribution in [3.63, 3.8) is 0 Å². The Balaban J connectivity index is 2.04. The van der Waals surface area contributed by atoms with E-state index in [1.807, 2.05) is 6.07 Å². The van der Waals surface area contributed by atoms with Crippen LogP contribution in [0.4, 0.5) is 20.3 Å². The van der Waals surface area contributed by atoms with Gasteiger partial charge in [-0.2, -0.15) is 0 Å². The summed E-state index contributed by atoms with van der Waals surface area (Å²) in [5.41, 5.74) is 0.870. The summed E-state index contributed by atoms with van der Waals surface area (Å²) in [5, 5.41) is 5.53. The van der Waals surface area contributed by atoms with Crippen molar-refractivity contribution >= 4 is 17.4 Å². The Labute approximate surface area is 155 Å². The number of anilines is 2. The molecule has 7 heteroatoms. The average molecular weight is 368 g/mol. The number of rotatable bonds is 5. The molecule has 0 radical (unpaired) electrons. The molecule has 0 atom stereocenters. The van der Waals surface area contributed by atoms with Crippen LogP contribution < -0.4 is 10.6 Å². The van der Waals surface area contributed by atoms with Gasteiger partial charge in [-0.3, -0.25) is 4.79 Å². The molecule has 2 aromatic carbocycles. The molecule has 5 nitrogen and oxygen atoms in total. The lowest BCUT2D eigenvalue weighted by atomic mass is 10.0. The first-order valence-corrected chi connectivity index (χ1v) is 8.29. The molecule has 0 aliphatic heterocycles. The van der Waals surface area contributed by atoms with Crippen molar-refractivity contribution in [2.24, 2.45) is 0 Å². The minimum absolute atomic E-state index is 0.0214. The van der Waals surface area contributed by atoms with E-state index in [9.17, 15) is 13.6 Å². The monoisotopic (exact) mass is 368 g/mol. The highest BCUT2D eigenvalue weighted by Crippen LogP contribution is 2.35. The highest BCUT2D eigenvalue weighted by Gasteiger charge is 2.28. The van der Waals surface area contributed by atoms with E-state index < -0.39 is 11.8 Å². The van der Waals surface area contributed by atoms with Crippen LogP contribution in [0.1, 0.15) is 23.0 Å². The Morgan fingerprint density at radius 1 is 1.04 bits per heavy atom. The summed E-state index contributed by atoms with van der Waals surface area (Å²) in [5.74, 6) is -3.28. The van der Waals surface area contributed by atoms with Crippen LogP contribution in [0.2, 0.25) is 0 Å². The number of halogens is 2. The summed E-state index contributed by atoms with van der Waals surface area (Å²) in [6.45, 7) is 0.824. The van der Waals surface area contributed by atoms with Gasteiger partial charge in [0.05, 0.1) is 11.9 Å². The number of nitrogens with one attached hydrogen (secondary N) is 2. The van der Waals surface area contributed by atoms with Crippen LogP contribution in [-0.4, -0.2) is 22.9 Å². The Kier molecular flexibility index (Phi) is 5.12. The fourth-order valence-electron chi connectivity index (χ4n) is 2.66. The Morgan fingerprint density at radius 2 is 1.70 bits per heavy atom. The second kappa shape index (κ2) is 7.49. The number of carbonyl (C=O) groups is 1. The summed E-state index contributed by atoms with van der Waals surface area (Å²) >= 11 is 0. The van der Waals surface area contributed by atoms with E-state index in [1.54, 1.807) is 37.4 Å². The number of nitrogens with zero attached hydrogens (tertiary/aromatic N) is 2. The lowest BCUT2D eigenvalue weighted by Crippen LogP contribution is -2.17. The number of hydrogen-bond donors (Lipinski definition) is 2. The topological polar surface area (TPSA) is 66.9 Å². The summed E-state index contributed by atoms with van der Waals surface area (Å²) in [7, 11) is 1.61. The van der Waals surface area contributed by atoms with Gasteiger partial charge in [0.2, 0.25) is 0 Å². The average Bonchev–Trinajstić information content (AvgIpc) is 2.67. The largest absolute Gasteiger partial charge is 0.371 e. The fourth-order valence-corrected chi connectivity index (χ4v) is 2.66. The first kappa shape index (κ1) is 18.4. The molecule has 0 fully saturated rings. The van der Waals surface area contributed by atoms with Gasteiger partial charge in [0.15, 0.2) is 11.5 Å². The van der Waals surface area contributed by atoms with Gasteiger partial charge in [-0.25, -0.2) is 18.7 Å². The van der Waals surface area contributed by atoms with Crippen LogP contribution in [0.3, 0.4) is 0 Å². The number of hydrogen-bond acceptors (Lipinski definition) is 4. The van der Waals surface area contributed by atoms with Crippen LogP contribution in [0.5, 0.6) is 0 Å². The van der Waals surface area contributed by atoms with Gasteiger partial charge in [-0.15, -0.1) is 0 Å². The molecule has 0 bridgehead atoms. The Morgan fingerprint density at radius 3 is 2.37 bits per heavy atom. The number of para-hydroxylation sites is 1. The molecule has 1 heterocycles. The SMILES string of the molecule is CNc1ncc(-c2ccccc2C(C)(F)F)nc1C(=O)Nc1ccccc1. The molecule has 0 saturated carbocycles. The first-order valence-electron chi connectivity index (χ1n) is 8.29. The fraction of sp³-hybridized carbons (Fsp3) is 0.150. The van der Waals surface area contributed by atoms with Crippen molar-refractivity contribution in [2.45, 2.75) is 12.8 Å². The zero-order chi connectivity index (χ0) is 19.4. The quantitative estimate of drug-likeness (QED) is 0.693. The third-order valence-electron chi connectivity index (χ3n) is 3.93. The molecule has 138 valence electrons. The molecule has 1 aromatic heterocycles. The van der Waals surface area contributed by atoms with E-state index in [2.05, 4.69) is 20.6 Å². The third kappa shape index (κ3) is 4.08. The lowest BCUT2D eigenvalue weighted by molar-refractivity contribution is 0.0180. The van der Waals surface area contributed by atoms with Crippen molar-refractivity contribution in [1.82, 2.24) is 9.97 Å². The maximum Gasteiger partial charge on any atom is 0.278 e. The smallest absolute Gasteiger partial charge is 0.278 e. The molecule has 0 saturated heterocycles. The zero-order valence-corrected chi connectivity index (χ0v) is 14.8. The van der Waals surface area contributed by atoms with E-state index in [-0.39, 0.29) is 28.3 Å². The summed E-state index contributed by atoms with van der Waals surface area (Å²) in [6.07, 6.45) is 1.37. The second-order valence-electron chi connectivity index (χ2n) is 5.96.